The van der Waals surface area contributed by atoms with Crippen molar-refractivity contribution in [2.75, 3.05) is 19.8 Å². The van der Waals surface area contributed by atoms with E-state index >= 15 is 0 Å². The Labute approximate surface area is 103 Å². The van der Waals surface area contributed by atoms with Crippen LogP contribution in [0.5, 0.6) is 0 Å². The predicted molar refractivity (Wildman–Crippen MR) is 49.7 cm³/mol. The van der Waals surface area contributed by atoms with Crippen molar-refractivity contribution in [3.8, 4) is 0 Å². The Kier molecular flexibility index (Phi) is 11.4. The molecule has 5 N–H and O–H groups in total. The summed E-state index contributed by atoms with van der Waals surface area (Å²) in [6.07, 6.45) is -4.15. The van der Waals surface area contributed by atoms with Gasteiger partial charge in [-0.3, -0.25) is 9.36 Å². The van der Waals surface area contributed by atoms with E-state index in [0.29, 0.717) is 0 Å². The van der Waals surface area contributed by atoms with Crippen molar-refractivity contribution in [1.29, 1.82) is 0 Å². The fourth-order valence-electron chi connectivity index (χ4n) is 0.948. The third-order valence-corrected chi connectivity index (χ3v) is 1.98. The molecule has 0 aliphatic carbocycles. The summed E-state index contributed by atoms with van der Waals surface area (Å²) >= 11 is 0. The highest BCUT2D eigenvalue weighted by molar-refractivity contribution is 7.14. The Balaban J connectivity index is 0. The molecule has 0 aliphatic heterocycles. The molecule has 0 aromatic heterocycles. The number of rotatable bonds is 7. The molecule has 0 saturated carbocycles. The van der Waals surface area contributed by atoms with Crippen molar-refractivity contribution < 1.29 is 49.9 Å². The molecular weight excluding hydrogens is 275 g/mol. The second-order valence-electron chi connectivity index (χ2n) is 3.05. The van der Waals surface area contributed by atoms with Crippen LogP contribution in [0.25, 0.3) is 0 Å². The van der Waals surface area contributed by atoms with Crippen molar-refractivity contribution in [2.45, 2.75) is 17.8 Å². The third kappa shape index (κ3) is 5.87. The van der Waals surface area contributed by atoms with Crippen LogP contribution < -0.4 is 10.2 Å². The summed E-state index contributed by atoms with van der Waals surface area (Å²) in [5.74, 6) is -1.21. The first-order chi connectivity index (χ1) is 8.35. The minimum atomic E-state index is -2.62. The zero-order valence-electron chi connectivity index (χ0n) is 9.00. The molecule has 0 saturated heterocycles. The minimum absolute atomic E-state index is 0.973. The molecule has 0 unspecified atom stereocenters. The quantitative estimate of drug-likeness (QED) is 0.172. The van der Waals surface area contributed by atoms with E-state index in [4.69, 9.17) is 24.8 Å². The average Bonchev–Trinajstić information content (AvgIpc) is 2.37. The van der Waals surface area contributed by atoms with Gasteiger partial charge in [0.1, 0.15) is 17.8 Å². The summed E-state index contributed by atoms with van der Waals surface area (Å²) in [6, 6.07) is 0. The van der Waals surface area contributed by atoms with E-state index in [-0.39, 0.29) is 0 Å². The zero-order valence-corrected chi connectivity index (χ0v) is 9.89. The van der Waals surface area contributed by atoms with E-state index in [1.807, 2.05) is 0 Å². The zero-order chi connectivity index (χ0) is 14.8. The summed E-state index contributed by atoms with van der Waals surface area (Å²) in [5.41, 5.74) is -2.62. The standard InChI is InChI=1S/C7H14O8.HO2P/c8-1-5(11)7(13,3-9)6(12)4(10)2-15-14;1-3-2/h5-6,8-9,11-14H,1-3H2;(H,1,2)/p-2/t5-,6-,7+;/m0./s1. The molecule has 10 nitrogen and oxygen atoms in total. The van der Waals surface area contributed by atoms with Crippen LogP contribution in [0, 0.1) is 0 Å². The molecule has 108 valence electrons. The summed E-state index contributed by atoms with van der Waals surface area (Å²) in [4.78, 5) is 22.5. The number of carbonyl (C=O) groups excluding carboxylic acids is 1. The maximum absolute atomic E-state index is 10.9. The second-order valence-corrected chi connectivity index (χ2v) is 3.20. The smallest absolute Gasteiger partial charge is 0.189 e. The molecule has 0 amide bonds. The molecule has 0 aromatic carbocycles. The monoisotopic (exact) mass is 288 g/mol. The van der Waals surface area contributed by atoms with Crippen LogP contribution in [0.2, 0.25) is 0 Å². The first-order valence-electron chi connectivity index (χ1n) is 4.38. The maximum atomic E-state index is 10.9. The fourth-order valence-corrected chi connectivity index (χ4v) is 0.948. The molecule has 0 radical (unpaired) electrons. The Bertz CT molecular complexity index is 248. The second kappa shape index (κ2) is 10.4. The molecule has 0 rings (SSSR count). The van der Waals surface area contributed by atoms with Crippen LogP contribution in [0.15, 0.2) is 0 Å². The molecule has 0 aromatic rings. The van der Waals surface area contributed by atoms with Crippen LogP contribution >= 0.6 is 8.69 Å². The lowest BCUT2D eigenvalue weighted by atomic mass is 9.89. The van der Waals surface area contributed by atoms with Gasteiger partial charge in [-0.05, 0) is 0 Å². The van der Waals surface area contributed by atoms with Crippen molar-refractivity contribution in [2.24, 2.45) is 0 Å². The van der Waals surface area contributed by atoms with Gasteiger partial charge in [0.25, 0.3) is 0 Å². The lowest BCUT2D eigenvalue weighted by molar-refractivity contribution is -0.685. The van der Waals surface area contributed by atoms with Crippen LogP contribution in [0.3, 0.4) is 0 Å². The van der Waals surface area contributed by atoms with Crippen LogP contribution in [-0.2, 0) is 14.2 Å². The summed E-state index contributed by atoms with van der Waals surface area (Å²) in [6.45, 7) is -3.16. The Hall–Kier alpha value is -0.550. The normalized spacial score (nSPS) is 17.3. The molecule has 0 heterocycles. The van der Waals surface area contributed by atoms with E-state index in [9.17, 15) is 20.3 Å². The van der Waals surface area contributed by atoms with Gasteiger partial charge in [0.05, 0.1) is 28.5 Å². The van der Waals surface area contributed by atoms with Crippen molar-refractivity contribution in [3.63, 3.8) is 0 Å². The van der Waals surface area contributed by atoms with Gasteiger partial charge < -0.3 is 40.6 Å². The van der Waals surface area contributed by atoms with E-state index < -0.39 is 52.1 Å². The summed E-state index contributed by atoms with van der Waals surface area (Å²) in [7, 11) is -1.08. The van der Waals surface area contributed by atoms with Gasteiger partial charge in [-0.25, -0.2) is 0 Å². The SMILES string of the molecule is O=C(CO[O-])[C@H](O)[C@@](O)(CO)[C@@H](O)CO.O=P[O-]. The third-order valence-electron chi connectivity index (χ3n) is 1.98. The highest BCUT2D eigenvalue weighted by Crippen LogP contribution is 2.16. The topological polar surface area (TPSA) is 191 Å². The highest BCUT2D eigenvalue weighted by atomic mass is 31.1. The number of aliphatic hydroxyl groups is 5. The average molecular weight is 288 g/mol. The van der Waals surface area contributed by atoms with E-state index in [0.717, 1.165) is 0 Å². The number of Topliss-reactive ketones (excluding diaryl/α,β-unsaturated/α-hetero) is 1. The highest BCUT2D eigenvalue weighted by Gasteiger charge is 2.45. The van der Waals surface area contributed by atoms with Gasteiger partial charge in [0.15, 0.2) is 5.78 Å². The first kappa shape index (κ1) is 19.8. The molecule has 0 aliphatic rings. The number of hydrogen-bond donors (Lipinski definition) is 5. The lowest BCUT2D eigenvalue weighted by Gasteiger charge is -2.33. The summed E-state index contributed by atoms with van der Waals surface area (Å²) in [5, 5.41) is 54.6. The van der Waals surface area contributed by atoms with Crippen molar-refractivity contribution in [1.82, 2.24) is 0 Å². The largest absolute Gasteiger partial charge is 0.772 e. The van der Waals surface area contributed by atoms with Gasteiger partial charge in [-0.2, -0.15) is 0 Å². The molecule has 0 bridgehead atoms. The van der Waals surface area contributed by atoms with Crippen molar-refractivity contribution in [3.05, 3.63) is 0 Å². The van der Waals surface area contributed by atoms with Crippen LogP contribution in [0.4, 0.5) is 0 Å². The van der Waals surface area contributed by atoms with E-state index in [2.05, 4.69) is 4.89 Å². The van der Waals surface area contributed by atoms with Gasteiger partial charge in [-0.15, -0.1) is 0 Å². The van der Waals surface area contributed by atoms with Gasteiger partial charge in [-0.1, -0.05) is 0 Å². The van der Waals surface area contributed by atoms with Crippen LogP contribution in [-0.4, -0.2) is 68.9 Å². The van der Waals surface area contributed by atoms with E-state index in [1.165, 1.54) is 0 Å². The molecule has 11 heteroatoms. The van der Waals surface area contributed by atoms with Gasteiger partial charge >= 0.3 is 0 Å². The molecule has 0 spiro atoms. The van der Waals surface area contributed by atoms with Gasteiger partial charge in [0, 0.05) is 0 Å². The number of aliphatic hydroxyl groups excluding tert-OH is 4. The van der Waals surface area contributed by atoms with Crippen LogP contribution in [0.1, 0.15) is 0 Å². The minimum Gasteiger partial charge on any atom is -0.772 e. The Morgan fingerprint density at radius 1 is 1.39 bits per heavy atom. The Morgan fingerprint density at radius 2 is 1.83 bits per heavy atom. The first-order valence-corrected chi connectivity index (χ1v) is 5.11. The summed E-state index contributed by atoms with van der Waals surface area (Å²) < 4.78 is 8.35. The van der Waals surface area contributed by atoms with E-state index in [1.54, 1.807) is 0 Å². The van der Waals surface area contributed by atoms with Crippen molar-refractivity contribution >= 4 is 14.5 Å². The number of ketones is 1. The number of hydrogen-bond acceptors (Lipinski definition) is 10. The maximum Gasteiger partial charge on any atom is 0.189 e. The molecular formula is C7H13O10P-2. The Morgan fingerprint density at radius 3 is 2.11 bits per heavy atom. The fraction of sp³-hybridized carbons (Fsp3) is 0.857. The molecule has 0 fully saturated rings. The number of carbonyl (C=O) groups is 1. The molecule has 3 atom stereocenters. The van der Waals surface area contributed by atoms with Gasteiger partial charge in [0.2, 0.25) is 0 Å². The molecule has 18 heavy (non-hydrogen) atoms. The predicted octanol–water partition coefficient (Wildman–Crippen LogP) is -5.16. The lowest BCUT2D eigenvalue weighted by Crippen LogP contribution is -2.60.